The Morgan fingerprint density at radius 1 is 1.06 bits per heavy atom. The SMILES string of the molecule is COc1cc(C(=O)CNC(=O)c2ccc(OCCO)c(OC)c2)nc(-c2csc3c(C)cccc23)c1. The third kappa shape index (κ3) is 5.32. The Labute approximate surface area is 212 Å². The Morgan fingerprint density at radius 2 is 1.89 bits per heavy atom. The molecule has 2 N–H and O–H groups in total. The molecule has 0 atom stereocenters. The van der Waals surface area contributed by atoms with Crippen LogP contribution in [0.3, 0.4) is 0 Å². The van der Waals surface area contributed by atoms with Crippen LogP contribution in [0.15, 0.2) is 53.9 Å². The number of pyridine rings is 1. The van der Waals surface area contributed by atoms with Crippen molar-refractivity contribution in [2.45, 2.75) is 6.92 Å². The number of fused-ring (bicyclic) bond motifs is 1. The van der Waals surface area contributed by atoms with Gasteiger partial charge in [0.25, 0.3) is 5.91 Å². The number of ketones is 1. The second kappa shape index (κ2) is 11.2. The number of nitrogens with one attached hydrogen (secondary N) is 1. The zero-order valence-corrected chi connectivity index (χ0v) is 21.0. The fourth-order valence-corrected chi connectivity index (χ4v) is 4.78. The lowest BCUT2D eigenvalue weighted by Gasteiger charge is -2.12. The zero-order chi connectivity index (χ0) is 25.7. The number of aliphatic hydroxyl groups excluding tert-OH is 1. The molecule has 0 bridgehead atoms. The fraction of sp³-hybridized carbons (Fsp3) is 0.222. The summed E-state index contributed by atoms with van der Waals surface area (Å²) < 4.78 is 17.2. The summed E-state index contributed by atoms with van der Waals surface area (Å²) in [4.78, 5) is 30.3. The lowest BCUT2D eigenvalue weighted by Crippen LogP contribution is -2.30. The molecular formula is C27H26N2O6S. The maximum Gasteiger partial charge on any atom is 0.251 e. The van der Waals surface area contributed by atoms with E-state index in [2.05, 4.69) is 23.3 Å². The van der Waals surface area contributed by atoms with Crippen LogP contribution in [0.25, 0.3) is 21.3 Å². The highest BCUT2D eigenvalue weighted by molar-refractivity contribution is 7.18. The number of Topliss-reactive ketones (excluding diaryl/α,β-unsaturated/α-hetero) is 1. The molecule has 0 saturated heterocycles. The Morgan fingerprint density at radius 3 is 2.64 bits per heavy atom. The van der Waals surface area contributed by atoms with E-state index in [0.29, 0.717) is 28.5 Å². The summed E-state index contributed by atoms with van der Waals surface area (Å²) in [5.41, 5.74) is 3.23. The van der Waals surface area contributed by atoms with Crippen LogP contribution in [0.5, 0.6) is 17.2 Å². The van der Waals surface area contributed by atoms with Crippen LogP contribution in [0.2, 0.25) is 0 Å². The number of amides is 1. The first-order valence-electron chi connectivity index (χ1n) is 11.2. The highest BCUT2D eigenvalue weighted by atomic mass is 32.1. The molecule has 0 fully saturated rings. The average molecular weight is 507 g/mol. The summed E-state index contributed by atoms with van der Waals surface area (Å²) in [6.45, 7) is 1.78. The first-order valence-corrected chi connectivity index (χ1v) is 12.1. The van der Waals surface area contributed by atoms with Crippen molar-refractivity contribution in [1.82, 2.24) is 10.3 Å². The minimum atomic E-state index is -0.446. The Hall–Kier alpha value is -3.95. The van der Waals surface area contributed by atoms with Crippen molar-refractivity contribution >= 4 is 33.1 Å². The molecule has 4 rings (SSSR count). The van der Waals surface area contributed by atoms with E-state index in [1.54, 1.807) is 35.6 Å². The van der Waals surface area contributed by atoms with E-state index in [-0.39, 0.29) is 31.2 Å². The van der Waals surface area contributed by atoms with Gasteiger partial charge in [-0.15, -0.1) is 11.3 Å². The molecule has 9 heteroatoms. The highest BCUT2D eigenvalue weighted by Crippen LogP contribution is 2.36. The average Bonchev–Trinajstić information content (AvgIpc) is 3.35. The lowest BCUT2D eigenvalue weighted by molar-refractivity contribution is 0.0902. The first-order chi connectivity index (χ1) is 17.4. The standard InChI is InChI=1S/C27H26N2O6S/c1-16-5-4-6-19-20(15-36-26(16)19)21-12-18(33-2)13-22(29-21)23(31)14-28-27(32)17-7-8-24(35-10-9-30)25(11-17)34-3/h4-8,11-13,15,30H,9-10,14H2,1-3H3,(H,28,32). The quantitative estimate of drug-likeness (QED) is 0.309. The molecule has 2 aromatic carbocycles. The first kappa shape index (κ1) is 25.2. The van der Waals surface area contributed by atoms with E-state index in [0.717, 1.165) is 10.9 Å². The predicted octanol–water partition coefficient (Wildman–Crippen LogP) is 4.27. The van der Waals surface area contributed by atoms with Crippen LogP contribution in [0.4, 0.5) is 0 Å². The van der Waals surface area contributed by atoms with Crippen LogP contribution >= 0.6 is 11.3 Å². The van der Waals surface area contributed by atoms with Gasteiger partial charge in [-0.2, -0.15) is 0 Å². The Kier molecular flexibility index (Phi) is 7.82. The van der Waals surface area contributed by atoms with Crippen molar-refractivity contribution < 1.29 is 28.9 Å². The second-order valence-electron chi connectivity index (χ2n) is 7.92. The largest absolute Gasteiger partial charge is 0.497 e. The number of rotatable bonds is 10. The predicted molar refractivity (Wildman–Crippen MR) is 139 cm³/mol. The van der Waals surface area contributed by atoms with E-state index < -0.39 is 5.91 Å². The van der Waals surface area contributed by atoms with Gasteiger partial charge in [-0.1, -0.05) is 18.2 Å². The number of ether oxygens (including phenoxy) is 3. The molecule has 1 amide bonds. The molecule has 2 heterocycles. The summed E-state index contributed by atoms with van der Waals surface area (Å²) in [5.74, 6) is 0.458. The number of nitrogens with zero attached hydrogens (tertiary/aromatic N) is 1. The number of hydrogen-bond donors (Lipinski definition) is 2. The van der Waals surface area contributed by atoms with E-state index in [9.17, 15) is 9.59 Å². The maximum atomic E-state index is 13.0. The number of carbonyl (C=O) groups is 2. The molecule has 2 aromatic heterocycles. The number of hydrogen-bond acceptors (Lipinski definition) is 8. The normalized spacial score (nSPS) is 10.8. The van der Waals surface area contributed by atoms with Crippen molar-refractivity contribution in [2.75, 3.05) is 34.0 Å². The number of aryl methyl sites for hydroxylation is 1. The molecule has 0 aliphatic heterocycles. The van der Waals surface area contributed by atoms with Gasteiger partial charge in [-0.3, -0.25) is 9.59 Å². The van der Waals surface area contributed by atoms with Crippen LogP contribution in [0.1, 0.15) is 26.4 Å². The smallest absolute Gasteiger partial charge is 0.251 e. The van der Waals surface area contributed by atoms with Gasteiger partial charge >= 0.3 is 0 Å². The monoisotopic (exact) mass is 506 g/mol. The van der Waals surface area contributed by atoms with Gasteiger partial charge in [0.15, 0.2) is 17.3 Å². The number of aliphatic hydroxyl groups is 1. The van der Waals surface area contributed by atoms with E-state index in [4.69, 9.17) is 19.3 Å². The number of thiophene rings is 1. The molecule has 36 heavy (non-hydrogen) atoms. The maximum absolute atomic E-state index is 13.0. The van der Waals surface area contributed by atoms with Crippen molar-refractivity contribution in [3.8, 4) is 28.5 Å². The van der Waals surface area contributed by atoms with Gasteiger partial charge in [0.05, 0.1) is 33.1 Å². The van der Waals surface area contributed by atoms with Crippen LogP contribution in [0, 0.1) is 6.92 Å². The molecule has 0 spiro atoms. The number of benzene rings is 2. The summed E-state index contributed by atoms with van der Waals surface area (Å²) >= 11 is 1.63. The molecule has 8 nitrogen and oxygen atoms in total. The summed E-state index contributed by atoms with van der Waals surface area (Å²) in [6.07, 6.45) is 0. The van der Waals surface area contributed by atoms with Crippen molar-refractivity contribution in [3.63, 3.8) is 0 Å². The van der Waals surface area contributed by atoms with Crippen LogP contribution in [-0.4, -0.2) is 55.8 Å². The molecule has 0 unspecified atom stereocenters. The molecule has 186 valence electrons. The Balaban J connectivity index is 1.53. The number of carbonyl (C=O) groups excluding carboxylic acids is 2. The van der Waals surface area contributed by atoms with Gasteiger partial charge in [0.2, 0.25) is 0 Å². The van der Waals surface area contributed by atoms with Gasteiger partial charge in [0.1, 0.15) is 18.1 Å². The topological polar surface area (TPSA) is 107 Å². The molecule has 4 aromatic rings. The van der Waals surface area contributed by atoms with Gasteiger partial charge in [-0.05, 0) is 30.7 Å². The van der Waals surface area contributed by atoms with E-state index in [1.807, 2.05) is 17.5 Å². The molecule has 0 saturated carbocycles. The lowest BCUT2D eigenvalue weighted by atomic mass is 10.1. The van der Waals surface area contributed by atoms with Crippen molar-refractivity contribution in [3.05, 3.63) is 70.7 Å². The number of methoxy groups -OCH3 is 2. The highest BCUT2D eigenvalue weighted by Gasteiger charge is 2.17. The minimum Gasteiger partial charge on any atom is -0.497 e. The third-order valence-corrected chi connectivity index (χ3v) is 6.71. The van der Waals surface area contributed by atoms with Crippen molar-refractivity contribution in [1.29, 1.82) is 0 Å². The minimum absolute atomic E-state index is 0.104. The Bertz CT molecular complexity index is 1410. The van der Waals surface area contributed by atoms with Gasteiger partial charge in [-0.25, -0.2) is 4.98 Å². The second-order valence-corrected chi connectivity index (χ2v) is 8.80. The van der Waals surface area contributed by atoms with E-state index >= 15 is 0 Å². The number of aromatic nitrogens is 1. The summed E-state index contributed by atoms with van der Waals surface area (Å²) in [5, 5.41) is 14.7. The summed E-state index contributed by atoms with van der Waals surface area (Å²) in [7, 11) is 2.99. The van der Waals surface area contributed by atoms with Crippen LogP contribution in [-0.2, 0) is 0 Å². The van der Waals surface area contributed by atoms with Gasteiger partial charge in [0, 0.05) is 38.7 Å². The molecule has 0 radical (unpaired) electrons. The molecular weight excluding hydrogens is 480 g/mol. The molecule has 0 aliphatic rings. The third-order valence-electron chi connectivity index (χ3n) is 5.58. The van der Waals surface area contributed by atoms with Crippen LogP contribution < -0.4 is 19.5 Å². The van der Waals surface area contributed by atoms with E-state index in [1.165, 1.54) is 30.5 Å². The van der Waals surface area contributed by atoms with Crippen molar-refractivity contribution in [2.24, 2.45) is 0 Å². The molecule has 0 aliphatic carbocycles. The fourth-order valence-electron chi connectivity index (χ4n) is 3.74. The summed E-state index contributed by atoms with van der Waals surface area (Å²) in [6, 6.07) is 14.1. The zero-order valence-electron chi connectivity index (χ0n) is 20.2. The van der Waals surface area contributed by atoms with Gasteiger partial charge < -0.3 is 24.6 Å².